The quantitative estimate of drug-likeness (QED) is 0.762. The van der Waals surface area contributed by atoms with E-state index >= 15 is 0 Å². The van der Waals surface area contributed by atoms with Crippen LogP contribution in [0.15, 0.2) is 36.4 Å². The van der Waals surface area contributed by atoms with Crippen LogP contribution in [0.1, 0.15) is 36.1 Å². The van der Waals surface area contributed by atoms with E-state index < -0.39 is 0 Å². The van der Waals surface area contributed by atoms with Gasteiger partial charge in [0, 0.05) is 5.56 Å². The summed E-state index contributed by atoms with van der Waals surface area (Å²) < 4.78 is 14.5. The van der Waals surface area contributed by atoms with Gasteiger partial charge in [0.25, 0.3) is 0 Å². The number of rotatable bonds is 5. The number of aryl methyl sites for hydroxylation is 1. The van der Waals surface area contributed by atoms with Gasteiger partial charge in [0.1, 0.15) is 5.82 Å². The maximum atomic E-state index is 14.5. The third-order valence-electron chi connectivity index (χ3n) is 3.42. The van der Waals surface area contributed by atoms with Gasteiger partial charge in [0.05, 0.1) is 16.1 Å². The molecule has 0 aliphatic carbocycles. The second kappa shape index (κ2) is 7.26. The molecule has 0 bridgehead atoms. The van der Waals surface area contributed by atoms with Crippen molar-refractivity contribution in [1.29, 1.82) is 0 Å². The van der Waals surface area contributed by atoms with E-state index in [9.17, 15) is 4.39 Å². The summed E-state index contributed by atoms with van der Waals surface area (Å²) in [5.74, 6) is -0.206. The van der Waals surface area contributed by atoms with Crippen LogP contribution in [-0.2, 0) is 0 Å². The van der Waals surface area contributed by atoms with Crippen molar-refractivity contribution in [3.63, 3.8) is 0 Å². The molecule has 0 heterocycles. The van der Waals surface area contributed by atoms with E-state index in [4.69, 9.17) is 23.2 Å². The van der Waals surface area contributed by atoms with Crippen LogP contribution in [0, 0.1) is 12.7 Å². The molecular formula is C17H18Cl2FN. The predicted octanol–water partition coefficient (Wildman–Crippen LogP) is 5.53. The first-order valence-corrected chi connectivity index (χ1v) is 7.74. The van der Waals surface area contributed by atoms with Crippen molar-refractivity contribution < 1.29 is 4.39 Å². The summed E-state index contributed by atoms with van der Waals surface area (Å²) in [5, 5.41) is 4.30. The molecule has 1 N–H and O–H groups in total. The fourth-order valence-electron chi connectivity index (χ4n) is 2.31. The van der Waals surface area contributed by atoms with E-state index in [1.807, 2.05) is 18.2 Å². The Hall–Kier alpha value is -1.09. The Bertz CT molecular complexity index is 577. The van der Waals surface area contributed by atoms with Crippen LogP contribution in [0.3, 0.4) is 0 Å². The van der Waals surface area contributed by atoms with Crippen molar-refractivity contribution in [2.45, 2.75) is 26.3 Å². The van der Waals surface area contributed by atoms with Crippen LogP contribution in [0.4, 0.5) is 4.39 Å². The highest BCUT2D eigenvalue weighted by Crippen LogP contribution is 2.34. The van der Waals surface area contributed by atoms with Crippen LogP contribution in [0.2, 0.25) is 10.0 Å². The average Bonchev–Trinajstić information content (AvgIpc) is 2.47. The van der Waals surface area contributed by atoms with Gasteiger partial charge in [-0.3, -0.25) is 0 Å². The molecule has 21 heavy (non-hydrogen) atoms. The molecule has 1 unspecified atom stereocenters. The molecule has 0 fully saturated rings. The van der Waals surface area contributed by atoms with Gasteiger partial charge in [-0.15, -0.1) is 0 Å². The number of benzene rings is 2. The van der Waals surface area contributed by atoms with Crippen molar-refractivity contribution in [3.05, 3.63) is 69.0 Å². The zero-order chi connectivity index (χ0) is 15.4. The Kier molecular flexibility index (Phi) is 5.63. The third-order valence-corrected chi connectivity index (χ3v) is 4.26. The first-order chi connectivity index (χ1) is 10.1. The van der Waals surface area contributed by atoms with Crippen molar-refractivity contribution >= 4 is 23.2 Å². The fourth-order valence-corrected chi connectivity index (χ4v) is 2.73. The average molecular weight is 326 g/mol. The summed E-state index contributed by atoms with van der Waals surface area (Å²) >= 11 is 12.4. The summed E-state index contributed by atoms with van der Waals surface area (Å²) in [5.41, 5.74) is 2.00. The van der Waals surface area contributed by atoms with Gasteiger partial charge in [0.2, 0.25) is 0 Å². The molecule has 0 aliphatic heterocycles. The summed E-state index contributed by atoms with van der Waals surface area (Å²) in [6.07, 6.45) is 0.947. The molecule has 0 saturated heterocycles. The van der Waals surface area contributed by atoms with E-state index in [0.29, 0.717) is 21.2 Å². The minimum Gasteiger partial charge on any atom is -0.306 e. The van der Waals surface area contributed by atoms with Crippen LogP contribution >= 0.6 is 23.2 Å². The molecule has 4 heteroatoms. The van der Waals surface area contributed by atoms with Crippen LogP contribution in [0.25, 0.3) is 0 Å². The van der Waals surface area contributed by atoms with Crippen molar-refractivity contribution in [1.82, 2.24) is 5.32 Å². The molecule has 1 atom stereocenters. The lowest BCUT2D eigenvalue weighted by molar-refractivity contribution is 0.542. The number of halogens is 3. The number of hydrogen-bond acceptors (Lipinski definition) is 1. The van der Waals surface area contributed by atoms with Crippen molar-refractivity contribution in [2.24, 2.45) is 0 Å². The minimum absolute atomic E-state index is 0.206. The molecule has 0 radical (unpaired) electrons. The van der Waals surface area contributed by atoms with E-state index in [-0.39, 0.29) is 11.9 Å². The van der Waals surface area contributed by atoms with Crippen LogP contribution < -0.4 is 5.32 Å². The Balaban J connectivity index is 2.52. The second-order valence-electron chi connectivity index (χ2n) is 5.01. The first kappa shape index (κ1) is 16.3. The van der Waals surface area contributed by atoms with Crippen LogP contribution in [-0.4, -0.2) is 6.54 Å². The lowest BCUT2D eigenvalue weighted by atomic mass is 9.96. The highest BCUT2D eigenvalue weighted by atomic mass is 35.5. The summed E-state index contributed by atoms with van der Waals surface area (Å²) in [7, 11) is 0. The molecular weight excluding hydrogens is 308 g/mol. The highest BCUT2D eigenvalue weighted by molar-refractivity contribution is 6.42. The van der Waals surface area contributed by atoms with Gasteiger partial charge < -0.3 is 5.32 Å². The number of nitrogens with one attached hydrogen (secondary N) is 1. The lowest BCUT2D eigenvalue weighted by Gasteiger charge is -2.22. The monoisotopic (exact) mass is 325 g/mol. The van der Waals surface area contributed by atoms with E-state index in [1.165, 1.54) is 0 Å². The Morgan fingerprint density at radius 2 is 1.76 bits per heavy atom. The zero-order valence-corrected chi connectivity index (χ0v) is 13.6. The second-order valence-corrected chi connectivity index (χ2v) is 5.79. The Morgan fingerprint density at radius 1 is 1.10 bits per heavy atom. The SMILES string of the molecule is CCCNC(c1cccc(C)c1F)c1cccc(Cl)c1Cl. The lowest BCUT2D eigenvalue weighted by Crippen LogP contribution is -2.24. The summed E-state index contributed by atoms with van der Waals surface area (Å²) in [4.78, 5) is 0. The molecule has 1 nitrogen and oxygen atoms in total. The molecule has 0 aliphatic rings. The summed E-state index contributed by atoms with van der Waals surface area (Å²) in [6, 6.07) is 10.5. The van der Waals surface area contributed by atoms with Gasteiger partial charge >= 0.3 is 0 Å². The standard InChI is InChI=1S/C17H18Cl2FN/c1-3-10-21-17(12-7-5-9-14(18)15(12)19)13-8-4-6-11(2)16(13)20/h4-9,17,21H,3,10H2,1-2H3. The van der Waals surface area contributed by atoms with Gasteiger partial charge in [-0.05, 0) is 37.1 Å². The molecule has 0 amide bonds. The molecule has 112 valence electrons. The minimum atomic E-state index is -0.309. The van der Waals surface area contributed by atoms with E-state index in [0.717, 1.165) is 18.5 Å². The van der Waals surface area contributed by atoms with Gasteiger partial charge in [0.15, 0.2) is 0 Å². The van der Waals surface area contributed by atoms with E-state index in [1.54, 1.807) is 25.1 Å². The fraction of sp³-hybridized carbons (Fsp3) is 0.294. The van der Waals surface area contributed by atoms with Crippen LogP contribution in [0.5, 0.6) is 0 Å². The molecule has 2 rings (SSSR count). The maximum Gasteiger partial charge on any atom is 0.131 e. The highest BCUT2D eigenvalue weighted by Gasteiger charge is 2.21. The molecule has 2 aromatic rings. The number of hydrogen-bond donors (Lipinski definition) is 1. The van der Waals surface area contributed by atoms with E-state index in [2.05, 4.69) is 12.2 Å². The normalized spacial score (nSPS) is 12.4. The van der Waals surface area contributed by atoms with Gasteiger partial charge in [-0.25, -0.2) is 4.39 Å². The molecule has 0 saturated carbocycles. The third kappa shape index (κ3) is 3.57. The zero-order valence-electron chi connectivity index (χ0n) is 12.1. The van der Waals surface area contributed by atoms with Gasteiger partial charge in [-0.1, -0.05) is 60.5 Å². The van der Waals surface area contributed by atoms with Gasteiger partial charge in [-0.2, -0.15) is 0 Å². The first-order valence-electron chi connectivity index (χ1n) is 6.98. The molecule has 2 aromatic carbocycles. The molecule has 0 spiro atoms. The summed E-state index contributed by atoms with van der Waals surface area (Å²) in [6.45, 7) is 4.59. The topological polar surface area (TPSA) is 12.0 Å². The predicted molar refractivity (Wildman–Crippen MR) is 87.7 cm³/mol. The Morgan fingerprint density at radius 3 is 2.48 bits per heavy atom. The van der Waals surface area contributed by atoms with Crippen molar-refractivity contribution in [2.75, 3.05) is 6.54 Å². The Labute approximate surface area is 135 Å². The maximum absolute atomic E-state index is 14.5. The van der Waals surface area contributed by atoms with Crippen molar-refractivity contribution in [3.8, 4) is 0 Å². The molecule has 0 aromatic heterocycles. The smallest absolute Gasteiger partial charge is 0.131 e. The largest absolute Gasteiger partial charge is 0.306 e.